The minimum Gasteiger partial charge on any atom is -0.491 e. The molecule has 1 atom stereocenters. The summed E-state index contributed by atoms with van der Waals surface area (Å²) in [4.78, 5) is 11.7. The molecule has 0 saturated carbocycles. The monoisotopic (exact) mass is 280 g/mol. The zero-order chi connectivity index (χ0) is 15.0. The Hall–Kier alpha value is -1.75. The summed E-state index contributed by atoms with van der Waals surface area (Å²) >= 11 is 0. The molecule has 1 aromatic rings. The number of hydrogen-bond acceptors (Lipinski definition) is 3. The van der Waals surface area contributed by atoms with Crippen LogP contribution >= 0.6 is 0 Å². The molecule has 0 aromatic heterocycles. The summed E-state index contributed by atoms with van der Waals surface area (Å²) in [5.41, 5.74) is 1.73. The highest BCUT2D eigenvalue weighted by Gasteiger charge is 2.08. The standard InChI is InChI=1S/C15H24N2O3/c1-4-9-20-14-10-11(2)5-6-13(14)17-15(19)16-8-7-12(3)18/h5-6,10,12,18H,4,7-9H2,1-3H3,(H2,16,17,19). The van der Waals surface area contributed by atoms with Crippen LogP contribution in [0.15, 0.2) is 18.2 Å². The van der Waals surface area contributed by atoms with Crippen molar-refractivity contribution in [2.24, 2.45) is 0 Å². The van der Waals surface area contributed by atoms with Gasteiger partial charge in [-0.2, -0.15) is 0 Å². The van der Waals surface area contributed by atoms with Crippen molar-refractivity contribution in [2.45, 2.75) is 39.7 Å². The molecule has 0 fully saturated rings. The molecule has 1 aromatic carbocycles. The van der Waals surface area contributed by atoms with E-state index in [1.807, 2.05) is 32.0 Å². The van der Waals surface area contributed by atoms with E-state index in [1.54, 1.807) is 6.92 Å². The molecule has 0 aliphatic heterocycles. The molecule has 0 spiro atoms. The Bertz CT molecular complexity index is 433. The van der Waals surface area contributed by atoms with E-state index in [2.05, 4.69) is 10.6 Å². The van der Waals surface area contributed by atoms with Crippen LogP contribution in [0.3, 0.4) is 0 Å². The number of carbonyl (C=O) groups is 1. The van der Waals surface area contributed by atoms with Crippen molar-refractivity contribution in [3.63, 3.8) is 0 Å². The van der Waals surface area contributed by atoms with Gasteiger partial charge < -0.3 is 20.5 Å². The molecule has 20 heavy (non-hydrogen) atoms. The average molecular weight is 280 g/mol. The molecule has 2 amide bonds. The van der Waals surface area contributed by atoms with Crippen LogP contribution in [0.25, 0.3) is 0 Å². The predicted molar refractivity (Wildman–Crippen MR) is 80.3 cm³/mol. The van der Waals surface area contributed by atoms with Crippen LogP contribution < -0.4 is 15.4 Å². The summed E-state index contributed by atoms with van der Waals surface area (Å²) in [6.45, 7) is 6.75. The molecule has 0 radical (unpaired) electrons. The zero-order valence-electron chi connectivity index (χ0n) is 12.4. The van der Waals surface area contributed by atoms with Gasteiger partial charge in [0.1, 0.15) is 5.75 Å². The van der Waals surface area contributed by atoms with Gasteiger partial charge in [0.05, 0.1) is 18.4 Å². The Morgan fingerprint density at radius 2 is 2.20 bits per heavy atom. The van der Waals surface area contributed by atoms with Gasteiger partial charge in [0.25, 0.3) is 0 Å². The van der Waals surface area contributed by atoms with E-state index < -0.39 is 6.10 Å². The lowest BCUT2D eigenvalue weighted by atomic mass is 10.2. The predicted octanol–water partition coefficient (Wildman–Crippen LogP) is 2.68. The SMILES string of the molecule is CCCOc1cc(C)ccc1NC(=O)NCCC(C)O. The molecule has 0 bridgehead atoms. The molecule has 1 unspecified atom stereocenters. The Morgan fingerprint density at radius 1 is 1.45 bits per heavy atom. The lowest BCUT2D eigenvalue weighted by Crippen LogP contribution is -2.31. The summed E-state index contributed by atoms with van der Waals surface area (Å²) in [5.74, 6) is 0.678. The van der Waals surface area contributed by atoms with Gasteiger partial charge in [0.2, 0.25) is 0 Å². The number of benzene rings is 1. The third-order valence-corrected chi connectivity index (χ3v) is 2.69. The highest BCUT2D eigenvalue weighted by Crippen LogP contribution is 2.25. The second kappa shape index (κ2) is 8.43. The third-order valence-electron chi connectivity index (χ3n) is 2.69. The van der Waals surface area contributed by atoms with Crippen LogP contribution in [0.5, 0.6) is 5.75 Å². The summed E-state index contributed by atoms with van der Waals surface area (Å²) in [6.07, 6.45) is 1.02. The van der Waals surface area contributed by atoms with E-state index in [-0.39, 0.29) is 6.03 Å². The van der Waals surface area contributed by atoms with Crippen molar-refractivity contribution in [2.75, 3.05) is 18.5 Å². The summed E-state index contributed by atoms with van der Waals surface area (Å²) in [5, 5.41) is 14.6. The number of aliphatic hydroxyl groups is 1. The molecule has 0 saturated heterocycles. The Labute approximate surface area is 120 Å². The van der Waals surface area contributed by atoms with Gasteiger partial charge in [0, 0.05) is 6.54 Å². The second-order valence-electron chi connectivity index (χ2n) is 4.87. The minimum absolute atomic E-state index is 0.296. The van der Waals surface area contributed by atoms with E-state index in [4.69, 9.17) is 9.84 Å². The maximum atomic E-state index is 11.7. The molecule has 0 aliphatic rings. The lowest BCUT2D eigenvalue weighted by Gasteiger charge is -2.13. The fourth-order valence-corrected chi connectivity index (χ4v) is 1.63. The highest BCUT2D eigenvalue weighted by molar-refractivity contribution is 5.90. The van der Waals surface area contributed by atoms with Crippen molar-refractivity contribution < 1.29 is 14.6 Å². The van der Waals surface area contributed by atoms with Gasteiger partial charge >= 0.3 is 6.03 Å². The topological polar surface area (TPSA) is 70.6 Å². The Balaban J connectivity index is 2.59. The third kappa shape index (κ3) is 5.93. The smallest absolute Gasteiger partial charge is 0.319 e. The number of hydrogen-bond donors (Lipinski definition) is 3. The number of amides is 2. The Morgan fingerprint density at radius 3 is 2.85 bits per heavy atom. The van der Waals surface area contributed by atoms with Crippen LogP contribution in [0, 0.1) is 6.92 Å². The quantitative estimate of drug-likeness (QED) is 0.719. The van der Waals surface area contributed by atoms with Gasteiger partial charge in [-0.1, -0.05) is 13.0 Å². The first-order valence-electron chi connectivity index (χ1n) is 6.99. The maximum absolute atomic E-state index is 11.7. The fourth-order valence-electron chi connectivity index (χ4n) is 1.63. The number of urea groups is 1. The van der Waals surface area contributed by atoms with Gasteiger partial charge in [-0.15, -0.1) is 0 Å². The van der Waals surface area contributed by atoms with Crippen molar-refractivity contribution in [3.8, 4) is 5.75 Å². The van der Waals surface area contributed by atoms with Crippen LogP contribution in [0.4, 0.5) is 10.5 Å². The van der Waals surface area contributed by atoms with Crippen molar-refractivity contribution in [1.82, 2.24) is 5.32 Å². The lowest BCUT2D eigenvalue weighted by molar-refractivity contribution is 0.184. The number of aliphatic hydroxyl groups excluding tert-OH is 1. The first-order chi connectivity index (χ1) is 9.52. The van der Waals surface area contributed by atoms with Gasteiger partial charge in [0.15, 0.2) is 0 Å². The first-order valence-corrected chi connectivity index (χ1v) is 6.99. The van der Waals surface area contributed by atoms with Crippen LogP contribution in [-0.4, -0.2) is 30.4 Å². The van der Waals surface area contributed by atoms with Crippen molar-refractivity contribution in [1.29, 1.82) is 0 Å². The molecule has 5 heteroatoms. The van der Waals surface area contributed by atoms with Crippen LogP contribution in [0.1, 0.15) is 32.3 Å². The number of anilines is 1. The molecule has 0 aliphatic carbocycles. The van der Waals surface area contributed by atoms with E-state index in [1.165, 1.54) is 0 Å². The second-order valence-corrected chi connectivity index (χ2v) is 4.87. The van der Waals surface area contributed by atoms with Crippen molar-refractivity contribution in [3.05, 3.63) is 23.8 Å². The molecule has 5 nitrogen and oxygen atoms in total. The van der Waals surface area contributed by atoms with E-state index >= 15 is 0 Å². The summed E-state index contributed by atoms with van der Waals surface area (Å²) in [6, 6.07) is 5.36. The van der Waals surface area contributed by atoms with E-state index in [9.17, 15) is 4.79 Å². The van der Waals surface area contributed by atoms with Gasteiger partial charge in [-0.3, -0.25) is 0 Å². The van der Waals surface area contributed by atoms with Crippen molar-refractivity contribution >= 4 is 11.7 Å². The number of nitrogens with one attached hydrogen (secondary N) is 2. The molecule has 0 heterocycles. The fraction of sp³-hybridized carbons (Fsp3) is 0.533. The van der Waals surface area contributed by atoms with Crippen LogP contribution in [0.2, 0.25) is 0 Å². The van der Waals surface area contributed by atoms with Crippen LogP contribution in [-0.2, 0) is 0 Å². The van der Waals surface area contributed by atoms with Gasteiger partial charge in [-0.25, -0.2) is 4.79 Å². The molecular weight excluding hydrogens is 256 g/mol. The number of ether oxygens (including phenoxy) is 1. The normalized spacial score (nSPS) is 11.8. The zero-order valence-corrected chi connectivity index (χ0v) is 12.4. The average Bonchev–Trinajstić information content (AvgIpc) is 2.38. The van der Waals surface area contributed by atoms with Gasteiger partial charge in [-0.05, 0) is 44.4 Å². The highest BCUT2D eigenvalue weighted by atomic mass is 16.5. The maximum Gasteiger partial charge on any atom is 0.319 e. The molecular formula is C15H24N2O3. The first kappa shape index (κ1) is 16.3. The Kier molecular flexibility index (Phi) is 6.87. The number of rotatable bonds is 7. The number of carbonyl (C=O) groups excluding carboxylic acids is 1. The summed E-state index contributed by atoms with van der Waals surface area (Å²) in [7, 11) is 0. The number of aryl methyl sites for hydroxylation is 1. The molecule has 112 valence electrons. The van der Waals surface area contributed by atoms with E-state index in [0.717, 1.165) is 12.0 Å². The minimum atomic E-state index is -0.418. The van der Waals surface area contributed by atoms with E-state index in [0.29, 0.717) is 31.0 Å². The largest absolute Gasteiger partial charge is 0.491 e. The summed E-state index contributed by atoms with van der Waals surface area (Å²) < 4.78 is 5.63. The molecule has 1 rings (SSSR count). The molecule has 3 N–H and O–H groups in total.